The Morgan fingerprint density at radius 2 is 2.44 bits per heavy atom. The predicted octanol–water partition coefficient (Wildman–Crippen LogP) is 0.119. The Balaban J connectivity index is 2.76. The van der Waals surface area contributed by atoms with Crippen molar-refractivity contribution in [3.8, 4) is 0 Å². The van der Waals surface area contributed by atoms with Gasteiger partial charge in [-0.25, -0.2) is 4.79 Å². The maximum atomic E-state index is 10.3. The van der Waals surface area contributed by atoms with Crippen molar-refractivity contribution in [1.29, 1.82) is 0 Å². The lowest BCUT2D eigenvalue weighted by Crippen LogP contribution is -2.55. The average Bonchev–Trinajstić information content (AvgIpc) is 1.82. The zero-order valence-corrected chi connectivity index (χ0v) is 5.05. The van der Waals surface area contributed by atoms with Gasteiger partial charge in [0.1, 0.15) is 5.54 Å². The van der Waals surface area contributed by atoms with E-state index in [1.54, 1.807) is 0 Å². The molecule has 1 aliphatic carbocycles. The van der Waals surface area contributed by atoms with Crippen molar-refractivity contribution >= 4 is 5.97 Å². The first-order valence-corrected chi connectivity index (χ1v) is 2.78. The maximum Gasteiger partial charge on any atom is 0.327 e. The van der Waals surface area contributed by atoms with Crippen molar-refractivity contribution in [3.63, 3.8) is 0 Å². The van der Waals surface area contributed by atoms with Crippen molar-refractivity contribution in [2.75, 3.05) is 0 Å². The molecule has 3 nitrogen and oxygen atoms in total. The minimum Gasteiger partial charge on any atom is -0.480 e. The van der Waals surface area contributed by atoms with Crippen LogP contribution < -0.4 is 5.73 Å². The van der Waals surface area contributed by atoms with E-state index in [-0.39, 0.29) is 0 Å². The van der Waals surface area contributed by atoms with Gasteiger partial charge in [-0.15, -0.1) is 0 Å². The number of carboxylic acids is 1. The molecule has 1 aliphatic rings. The largest absolute Gasteiger partial charge is 0.480 e. The zero-order valence-electron chi connectivity index (χ0n) is 5.05. The molecular weight excluding hydrogens is 118 g/mol. The van der Waals surface area contributed by atoms with Gasteiger partial charge < -0.3 is 10.8 Å². The van der Waals surface area contributed by atoms with Crippen molar-refractivity contribution in [2.45, 2.75) is 18.4 Å². The molecule has 0 saturated heterocycles. The smallest absolute Gasteiger partial charge is 0.327 e. The Bertz CT molecular complexity index is 166. The maximum absolute atomic E-state index is 10.3. The summed E-state index contributed by atoms with van der Waals surface area (Å²) in [6, 6.07) is 0. The molecule has 0 amide bonds. The van der Waals surface area contributed by atoms with Crippen molar-refractivity contribution in [3.05, 3.63) is 12.2 Å². The molecule has 0 heterocycles. The summed E-state index contributed by atoms with van der Waals surface area (Å²) in [6.07, 6.45) is 1.28. The van der Waals surface area contributed by atoms with E-state index in [1.165, 1.54) is 0 Å². The first-order chi connectivity index (χ1) is 4.07. The van der Waals surface area contributed by atoms with Crippen LogP contribution in [0.25, 0.3) is 0 Å². The fraction of sp³-hybridized carbons (Fsp3) is 0.500. The highest BCUT2D eigenvalue weighted by Crippen LogP contribution is 2.34. The van der Waals surface area contributed by atoms with Gasteiger partial charge in [0.15, 0.2) is 0 Å². The molecule has 0 bridgehead atoms. The third-order valence-electron chi connectivity index (χ3n) is 1.83. The number of carbonyl (C=O) groups is 1. The van der Waals surface area contributed by atoms with Crippen LogP contribution >= 0.6 is 0 Å². The van der Waals surface area contributed by atoms with E-state index in [9.17, 15) is 4.79 Å². The monoisotopic (exact) mass is 127 g/mol. The van der Waals surface area contributed by atoms with Gasteiger partial charge in [-0.1, -0.05) is 6.58 Å². The Kier molecular flexibility index (Phi) is 1.10. The first kappa shape index (κ1) is 6.29. The molecule has 1 atom stereocenters. The van der Waals surface area contributed by atoms with Crippen LogP contribution in [0.1, 0.15) is 12.8 Å². The summed E-state index contributed by atoms with van der Waals surface area (Å²) in [7, 11) is 0. The van der Waals surface area contributed by atoms with Crippen LogP contribution in [0.4, 0.5) is 0 Å². The number of nitrogens with two attached hydrogens (primary N) is 1. The summed E-state index contributed by atoms with van der Waals surface area (Å²) in [5.41, 5.74) is 4.93. The third kappa shape index (κ3) is 0.650. The summed E-state index contributed by atoms with van der Waals surface area (Å²) in [5, 5.41) is 8.48. The molecule has 1 saturated carbocycles. The first-order valence-electron chi connectivity index (χ1n) is 2.78. The molecule has 0 aromatic rings. The second kappa shape index (κ2) is 1.57. The molecule has 0 unspecified atom stereocenters. The molecule has 3 heteroatoms. The zero-order chi connectivity index (χ0) is 7.07. The van der Waals surface area contributed by atoms with E-state index < -0.39 is 11.5 Å². The number of hydrogen-bond acceptors (Lipinski definition) is 2. The number of carboxylic acid groups (broad SMARTS) is 1. The number of aliphatic carboxylic acids is 1. The highest BCUT2D eigenvalue weighted by Gasteiger charge is 2.43. The lowest BCUT2D eigenvalue weighted by Gasteiger charge is -2.36. The molecule has 0 aromatic heterocycles. The van der Waals surface area contributed by atoms with Crippen LogP contribution in [-0.4, -0.2) is 16.6 Å². The van der Waals surface area contributed by atoms with E-state index in [1.807, 2.05) is 0 Å². The number of hydrogen-bond donors (Lipinski definition) is 2. The van der Waals surface area contributed by atoms with E-state index in [0.29, 0.717) is 12.0 Å². The average molecular weight is 127 g/mol. The molecule has 1 rings (SSSR count). The van der Waals surface area contributed by atoms with Gasteiger partial charge in [0.25, 0.3) is 0 Å². The molecule has 50 valence electrons. The predicted molar refractivity (Wildman–Crippen MR) is 32.9 cm³/mol. The van der Waals surface area contributed by atoms with Crippen LogP contribution in [-0.2, 0) is 4.79 Å². The number of rotatable bonds is 1. The lowest BCUT2D eigenvalue weighted by atomic mass is 9.73. The van der Waals surface area contributed by atoms with E-state index >= 15 is 0 Å². The SMILES string of the molecule is C=C1CC[C@@]1(N)C(=O)O. The van der Waals surface area contributed by atoms with Gasteiger partial charge in [-0.3, -0.25) is 0 Å². The van der Waals surface area contributed by atoms with E-state index in [4.69, 9.17) is 10.8 Å². The summed E-state index contributed by atoms with van der Waals surface area (Å²) in [6.45, 7) is 3.53. The van der Waals surface area contributed by atoms with Crippen LogP contribution in [0, 0.1) is 0 Å². The van der Waals surface area contributed by atoms with Crippen LogP contribution in [0.2, 0.25) is 0 Å². The Labute approximate surface area is 53.2 Å². The normalized spacial score (nSPS) is 33.7. The Morgan fingerprint density at radius 1 is 1.89 bits per heavy atom. The summed E-state index contributed by atoms with van der Waals surface area (Å²) >= 11 is 0. The fourth-order valence-electron chi connectivity index (χ4n) is 0.829. The molecular formula is C6H9NO2. The van der Waals surface area contributed by atoms with Crippen molar-refractivity contribution in [2.24, 2.45) is 5.73 Å². The molecule has 9 heavy (non-hydrogen) atoms. The molecule has 0 aliphatic heterocycles. The van der Waals surface area contributed by atoms with Gasteiger partial charge in [0.2, 0.25) is 0 Å². The van der Waals surface area contributed by atoms with Crippen molar-refractivity contribution < 1.29 is 9.90 Å². The molecule has 1 fully saturated rings. The minimum atomic E-state index is -1.10. The Morgan fingerprint density at radius 3 is 2.44 bits per heavy atom. The lowest BCUT2D eigenvalue weighted by molar-refractivity contribution is -0.143. The molecule has 0 spiro atoms. The minimum absolute atomic E-state index is 0.529. The summed E-state index contributed by atoms with van der Waals surface area (Å²) < 4.78 is 0. The highest BCUT2D eigenvalue weighted by atomic mass is 16.4. The topological polar surface area (TPSA) is 63.3 Å². The summed E-state index contributed by atoms with van der Waals surface area (Å²) in [5.74, 6) is -0.959. The van der Waals surface area contributed by atoms with Gasteiger partial charge in [-0.2, -0.15) is 0 Å². The Hall–Kier alpha value is -0.830. The second-order valence-corrected chi connectivity index (χ2v) is 2.38. The van der Waals surface area contributed by atoms with Gasteiger partial charge in [0.05, 0.1) is 0 Å². The van der Waals surface area contributed by atoms with E-state index in [0.717, 1.165) is 6.42 Å². The van der Waals surface area contributed by atoms with E-state index in [2.05, 4.69) is 6.58 Å². The van der Waals surface area contributed by atoms with Gasteiger partial charge >= 0.3 is 5.97 Å². The van der Waals surface area contributed by atoms with Gasteiger partial charge in [0, 0.05) is 0 Å². The van der Waals surface area contributed by atoms with Crippen LogP contribution in [0.15, 0.2) is 12.2 Å². The third-order valence-corrected chi connectivity index (χ3v) is 1.83. The molecule has 0 aromatic carbocycles. The molecule has 0 radical (unpaired) electrons. The molecule has 3 N–H and O–H groups in total. The quantitative estimate of drug-likeness (QED) is 0.492. The standard InChI is InChI=1S/C6H9NO2/c1-4-2-3-6(4,7)5(8)9/h1-3,7H2,(H,8,9)/t6-/m0/s1. The van der Waals surface area contributed by atoms with Crippen LogP contribution in [0.3, 0.4) is 0 Å². The second-order valence-electron chi connectivity index (χ2n) is 2.38. The summed E-state index contributed by atoms with van der Waals surface area (Å²) in [4.78, 5) is 10.3. The van der Waals surface area contributed by atoms with Gasteiger partial charge in [-0.05, 0) is 18.4 Å². The van der Waals surface area contributed by atoms with Crippen LogP contribution in [0.5, 0.6) is 0 Å². The van der Waals surface area contributed by atoms with Crippen molar-refractivity contribution in [1.82, 2.24) is 0 Å². The highest BCUT2D eigenvalue weighted by molar-refractivity contribution is 5.84. The fourth-order valence-corrected chi connectivity index (χ4v) is 0.829.